The highest BCUT2D eigenvalue weighted by Gasteiger charge is 2.23. The molecule has 1 aromatic heterocycles. The van der Waals surface area contributed by atoms with E-state index in [1.807, 2.05) is 18.9 Å². The zero-order valence-electron chi connectivity index (χ0n) is 13.1. The summed E-state index contributed by atoms with van der Waals surface area (Å²) in [6.45, 7) is 4.88. The number of aromatic nitrogens is 1. The van der Waals surface area contributed by atoms with Gasteiger partial charge in [-0.05, 0) is 6.92 Å². The van der Waals surface area contributed by atoms with Crippen molar-refractivity contribution in [2.45, 2.75) is 13.8 Å². The third-order valence-electron chi connectivity index (χ3n) is 3.23. The van der Waals surface area contributed by atoms with Gasteiger partial charge in [-0.2, -0.15) is 0 Å². The summed E-state index contributed by atoms with van der Waals surface area (Å²) in [6.07, 6.45) is 0. The fourth-order valence-electron chi connectivity index (χ4n) is 1.77. The van der Waals surface area contributed by atoms with Gasteiger partial charge in [-0.15, -0.1) is 0 Å². The fourth-order valence-corrected chi connectivity index (χ4v) is 2.77. The second-order valence-corrected chi connectivity index (χ2v) is 5.90. The molecular weight excluding hydrogens is 290 g/mol. The minimum absolute atomic E-state index is 0.0988. The lowest BCUT2D eigenvalue weighted by molar-refractivity contribution is -0.124. The maximum Gasteiger partial charge on any atom is 0.267 e. The lowest BCUT2D eigenvalue weighted by atomic mass is 10.1. The van der Waals surface area contributed by atoms with Crippen molar-refractivity contribution in [1.29, 1.82) is 0 Å². The number of thiazole rings is 1. The third kappa shape index (κ3) is 4.07. The predicted molar refractivity (Wildman–Crippen MR) is 85.7 cm³/mol. The molecule has 3 N–H and O–H groups in total. The van der Waals surface area contributed by atoms with E-state index in [-0.39, 0.29) is 23.6 Å². The summed E-state index contributed by atoms with van der Waals surface area (Å²) in [4.78, 5) is 32.0. The van der Waals surface area contributed by atoms with Gasteiger partial charge in [-0.3, -0.25) is 9.59 Å². The first kappa shape index (κ1) is 17.2. The number of nitrogens with two attached hydrogens (primary N) is 1. The van der Waals surface area contributed by atoms with Crippen LogP contribution in [0.2, 0.25) is 0 Å². The van der Waals surface area contributed by atoms with Crippen molar-refractivity contribution in [3.05, 3.63) is 4.88 Å². The molecule has 0 aliphatic rings. The Bertz CT molecular complexity index is 517. The molecule has 0 bridgehead atoms. The number of carbonyl (C=O) groups is 2. The largest absolute Gasteiger partial charge is 0.382 e. The molecule has 1 heterocycles. The Morgan fingerprint density at radius 1 is 1.43 bits per heavy atom. The van der Waals surface area contributed by atoms with Crippen molar-refractivity contribution in [1.82, 2.24) is 15.2 Å². The minimum Gasteiger partial charge on any atom is -0.382 e. The average molecular weight is 313 g/mol. The van der Waals surface area contributed by atoms with E-state index in [2.05, 4.69) is 10.3 Å². The molecule has 0 aliphatic carbocycles. The number of carbonyl (C=O) groups excluding carboxylic acids is 2. The van der Waals surface area contributed by atoms with Crippen LogP contribution in [0.1, 0.15) is 23.5 Å². The van der Waals surface area contributed by atoms with Crippen molar-refractivity contribution in [3.8, 4) is 0 Å². The zero-order valence-corrected chi connectivity index (χ0v) is 14.0. The van der Waals surface area contributed by atoms with Crippen molar-refractivity contribution in [2.75, 3.05) is 44.9 Å². The molecule has 1 atom stereocenters. The summed E-state index contributed by atoms with van der Waals surface area (Å²) in [7, 11) is 5.13. The predicted octanol–water partition coefficient (Wildman–Crippen LogP) is 0.636. The molecule has 0 saturated heterocycles. The van der Waals surface area contributed by atoms with Crippen LogP contribution in [0.25, 0.3) is 0 Å². The number of hydrogen-bond acceptors (Lipinski definition) is 6. The quantitative estimate of drug-likeness (QED) is 0.804. The number of amides is 2. The molecule has 1 rings (SSSR count). The Morgan fingerprint density at radius 2 is 2.05 bits per heavy atom. The van der Waals surface area contributed by atoms with Gasteiger partial charge in [0.15, 0.2) is 5.13 Å². The lowest BCUT2D eigenvalue weighted by Crippen LogP contribution is -2.37. The maximum atomic E-state index is 12.4. The standard InChI is InChI=1S/C13H23N5O2S/c1-6-17(4)13-16-10(14)9(21-13)12(20)18(5)7-8(2)11(19)15-3/h8H,6-7,14H2,1-5H3,(H,15,19). The van der Waals surface area contributed by atoms with Gasteiger partial charge in [-0.25, -0.2) is 4.98 Å². The molecule has 0 spiro atoms. The van der Waals surface area contributed by atoms with Crippen molar-refractivity contribution >= 4 is 34.1 Å². The minimum atomic E-state index is -0.282. The van der Waals surface area contributed by atoms with Gasteiger partial charge in [0.05, 0.1) is 5.92 Å². The summed E-state index contributed by atoms with van der Waals surface area (Å²) >= 11 is 1.27. The van der Waals surface area contributed by atoms with Crippen molar-refractivity contribution in [3.63, 3.8) is 0 Å². The smallest absolute Gasteiger partial charge is 0.267 e. The van der Waals surface area contributed by atoms with Crippen molar-refractivity contribution in [2.24, 2.45) is 5.92 Å². The number of hydrogen-bond donors (Lipinski definition) is 2. The first-order valence-corrected chi connectivity index (χ1v) is 7.57. The van der Waals surface area contributed by atoms with E-state index in [4.69, 9.17) is 5.73 Å². The summed E-state index contributed by atoms with van der Waals surface area (Å²) in [6, 6.07) is 0. The first-order valence-electron chi connectivity index (χ1n) is 6.76. The van der Waals surface area contributed by atoms with Crippen LogP contribution >= 0.6 is 11.3 Å². The second-order valence-electron chi connectivity index (χ2n) is 4.93. The molecule has 0 aliphatic heterocycles. The van der Waals surface area contributed by atoms with Gasteiger partial charge < -0.3 is 20.9 Å². The average Bonchev–Trinajstić information content (AvgIpc) is 2.86. The van der Waals surface area contributed by atoms with Crippen LogP contribution in [-0.4, -0.2) is 55.9 Å². The lowest BCUT2D eigenvalue weighted by Gasteiger charge is -2.20. The summed E-state index contributed by atoms with van der Waals surface area (Å²) in [5.74, 6) is -0.356. The van der Waals surface area contributed by atoms with E-state index >= 15 is 0 Å². The number of rotatable bonds is 6. The Kier molecular flexibility index (Phi) is 5.95. The van der Waals surface area contributed by atoms with Gasteiger partial charge in [0.25, 0.3) is 5.91 Å². The molecule has 0 radical (unpaired) electrons. The second kappa shape index (κ2) is 7.26. The highest BCUT2D eigenvalue weighted by atomic mass is 32.1. The fraction of sp³-hybridized carbons (Fsp3) is 0.615. The highest BCUT2D eigenvalue weighted by Crippen LogP contribution is 2.28. The third-order valence-corrected chi connectivity index (χ3v) is 4.40. The molecular formula is C13H23N5O2S. The zero-order chi connectivity index (χ0) is 16.2. The van der Waals surface area contributed by atoms with E-state index in [1.165, 1.54) is 16.2 Å². The molecule has 0 aromatic carbocycles. The van der Waals surface area contributed by atoms with Crippen LogP contribution in [0.5, 0.6) is 0 Å². The van der Waals surface area contributed by atoms with Crippen LogP contribution < -0.4 is 16.0 Å². The van der Waals surface area contributed by atoms with Crippen LogP contribution in [-0.2, 0) is 4.79 Å². The van der Waals surface area contributed by atoms with Crippen LogP contribution in [0.15, 0.2) is 0 Å². The van der Waals surface area contributed by atoms with E-state index in [0.717, 1.165) is 6.54 Å². The monoisotopic (exact) mass is 313 g/mol. The summed E-state index contributed by atoms with van der Waals surface area (Å²) < 4.78 is 0. The summed E-state index contributed by atoms with van der Waals surface area (Å²) in [5.41, 5.74) is 5.84. The van der Waals surface area contributed by atoms with Gasteiger partial charge >= 0.3 is 0 Å². The number of nitrogens with zero attached hydrogens (tertiary/aromatic N) is 3. The van der Waals surface area contributed by atoms with Crippen molar-refractivity contribution < 1.29 is 9.59 Å². The first-order chi connectivity index (χ1) is 9.81. The Morgan fingerprint density at radius 3 is 2.57 bits per heavy atom. The van der Waals surface area contributed by atoms with Crippen LogP contribution in [0.3, 0.4) is 0 Å². The maximum absolute atomic E-state index is 12.4. The molecule has 2 amide bonds. The number of nitrogen functional groups attached to an aromatic ring is 1. The van der Waals surface area contributed by atoms with E-state index in [0.29, 0.717) is 16.6 Å². The molecule has 7 nitrogen and oxygen atoms in total. The molecule has 1 aromatic rings. The SMILES string of the molecule is CCN(C)c1nc(N)c(C(=O)N(C)CC(C)C(=O)NC)s1. The van der Waals surface area contributed by atoms with Crippen LogP contribution in [0, 0.1) is 5.92 Å². The molecule has 0 saturated carbocycles. The molecule has 118 valence electrons. The Balaban J connectivity index is 2.83. The summed E-state index contributed by atoms with van der Waals surface area (Å²) in [5, 5.41) is 3.28. The topological polar surface area (TPSA) is 91.6 Å². The van der Waals surface area contributed by atoms with Gasteiger partial charge in [0.2, 0.25) is 5.91 Å². The molecule has 0 fully saturated rings. The number of anilines is 2. The number of nitrogens with one attached hydrogen (secondary N) is 1. The normalized spacial score (nSPS) is 11.9. The van der Waals surface area contributed by atoms with Gasteiger partial charge in [0.1, 0.15) is 10.7 Å². The van der Waals surface area contributed by atoms with Gasteiger partial charge in [-0.1, -0.05) is 18.3 Å². The van der Waals surface area contributed by atoms with E-state index in [9.17, 15) is 9.59 Å². The Labute approximate surface area is 129 Å². The molecule has 1 unspecified atom stereocenters. The van der Waals surface area contributed by atoms with Gasteiger partial charge in [0, 0.05) is 34.2 Å². The van der Waals surface area contributed by atoms with E-state index < -0.39 is 0 Å². The Hall–Kier alpha value is -1.83. The molecule has 8 heteroatoms. The highest BCUT2D eigenvalue weighted by molar-refractivity contribution is 7.18. The van der Waals surface area contributed by atoms with E-state index in [1.54, 1.807) is 21.0 Å². The van der Waals surface area contributed by atoms with Crippen LogP contribution in [0.4, 0.5) is 10.9 Å². The molecule has 21 heavy (non-hydrogen) atoms.